The normalized spacial score (nSPS) is 11.2. The number of ether oxygens (including phenoxy) is 2. The van der Waals surface area contributed by atoms with E-state index in [-0.39, 0.29) is 0 Å². The predicted octanol–water partition coefficient (Wildman–Crippen LogP) is 2.91. The topological polar surface area (TPSA) is 44.5 Å². The van der Waals surface area contributed by atoms with E-state index in [1.165, 1.54) is 20.5 Å². The maximum atomic E-state index is 5.80. The summed E-state index contributed by atoms with van der Waals surface area (Å²) in [5.74, 6) is 0. The molecule has 0 radical (unpaired) electrons. The lowest BCUT2D eigenvalue weighted by Gasteiger charge is -2.05. The minimum absolute atomic E-state index is 0.573. The number of nitrogens with two attached hydrogens (primary N) is 1. The first kappa shape index (κ1) is 13.5. The van der Waals surface area contributed by atoms with Gasteiger partial charge in [-0.3, -0.25) is 0 Å². The fraction of sp³-hybridized carbons (Fsp3) is 0.429. The molecule has 0 bridgehead atoms. The number of rotatable bonds is 7. The van der Waals surface area contributed by atoms with E-state index in [1.54, 1.807) is 11.3 Å². The zero-order chi connectivity index (χ0) is 12.8. The fourth-order valence-corrected chi connectivity index (χ4v) is 3.00. The number of hydrogen-bond donors (Lipinski definition) is 1. The molecule has 0 aliphatic rings. The fourth-order valence-electron chi connectivity index (χ4n) is 1.91. The Morgan fingerprint density at radius 2 is 1.94 bits per heavy atom. The van der Waals surface area contributed by atoms with Gasteiger partial charge in [0.1, 0.15) is 0 Å². The number of fused-ring (bicyclic) bond motifs is 1. The Morgan fingerprint density at radius 3 is 2.72 bits per heavy atom. The first-order chi connectivity index (χ1) is 8.86. The first-order valence-corrected chi connectivity index (χ1v) is 7.03. The monoisotopic (exact) mass is 265 g/mol. The molecule has 0 atom stereocenters. The molecule has 1 aromatic heterocycles. The quantitative estimate of drug-likeness (QED) is 0.783. The molecule has 98 valence electrons. The Labute approximate surface area is 112 Å². The van der Waals surface area contributed by atoms with Crippen LogP contribution in [0.2, 0.25) is 0 Å². The maximum Gasteiger partial charge on any atom is 0.0735 e. The molecule has 2 N–H and O–H groups in total. The van der Waals surface area contributed by atoms with E-state index >= 15 is 0 Å². The number of hydrogen-bond acceptors (Lipinski definition) is 4. The van der Waals surface area contributed by atoms with Crippen molar-refractivity contribution in [2.75, 3.05) is 19.8 Å². The van der Waals surface area contributed by atoms with Crippen molar-refractivity contribution in [3.63, 3.8) is 0 Å². The van der Waals surface area contributed by atoms with Crippen molar-refractivity contribution in [3.8, 4) is 0 Å². The largest absolute Gasteiger partial charge is 0.379 e. The molecule has 0 saturated heterocycles. The average molecular weight is 265 g/mol. The van der Waals surface area contributed by atoms with Crippen LogP contribution in [0.15, 0.2) is 24.3 Å². The molecule has 0 amide bonds. The second-order valence-corrected chi connectivity index (χ2v) is 5.09. The number of thiophene rings is 1. The lowest BCUT2D eigenvalue weighted by molar-refractivity contribution is 0.0456. The molecule has 2 rings (SSSR count). The van der Waals surface area contributed by atoms with Crippen LogP contribution in [0.1, 0.15) is 17.4 Å². The molecule has 0 unspecified atom stereocenters. The van der Waals surface area contributed by atoms with E-state index in [1.807, 2.05) is 6.92 Å². The third-order valence-corrected chi connectivity index (χ3v) is 4.03. The highest BCUT2D eigenvalue weighted by Crippen LogP contribution is 2.31. The minimum atomic E-state index is 0.573. The van der Waals surface area contributed by atoms with Crippen molar-refractivity contribution in [1.82, 2.24) is 0 Å². The van der Waals surface area contributed by atoms with E-state index in [4.69, 9.17) is 15.2 Å². The standard InChI is InChI=1S/C14H19NO2S/c1-2-16-7-8-17-10-12-11-5-3-4-6-13(11)18-14(12)9-15/h3-6H,2,7-10,15H2,1H3. The smallest absolute Gasteiger partial charge is 0.0735 e. The zero-order valence-corrected chi connectivity index (χ0v) is 11.5. The summed E-state index contributed by atoms with van der Waals surface area (Å²) in [7, 11) is 0. The van der Waals surface area contributed by atoms with Crippen molar-refractivity contribution in [2.24, 2.45) is 5.73 Å². The molecule has 0 saturated carbocycles. The molecule has 3 nitrogen and oxygen atoms in total. The summed E-state index contributed by atoms with van der Waals surface area (Å²) in [6.07, 6.45) is 0. The van der Waals surface area contributed by atoms with Gasteiger partial charge in [0.05, 0.1) is 19.8 Å². The van der Waals surface area contributed by atoms with Gasteiger partial charge < -0.3 is 15.2 Å². The van der Waals surface area contributed by atoms with Crippen molar-refractivity contribution in [1.29, 1.82) is 0 Å². The van der Waals surface area contributed by atoms with Crippen LogP contribution in [0.5, 0.6) is 0 Å². The van der Waals surface area contributed by atoms with E-state index in [0.29, 0.717) is 26.4 Å². The van der Waals surface area contributed by atoms with E-state index < -0.39 is 0 Å². The van der Waals surface area contributed by atoms with Gasteiger partial charge in [-0.25, -0.2) is 0 Å². The minimum Gasteiger partial charge on any atom is -0.379 e. The van der Waals surface area contributed by atoms with Gasteiger partial charge >= 0.3 is 0 Å². The van der Waals surface area contributed by atoms with E-state index in [2.05, 4.69) is 24.3 Å². The summed E-state index contributed by atoms with van der Waals surface area (Å²) in [5, 5.41) is 1.26. The molecule has 0 fully saturated rings. The van der Waals surface area contributed by atoms with Crippen molar-refractivity contribution >= 4 is 21.4 Å². The molecule has 1 aromatic carbocycles. The van der Waals surface area contributed by atoms with Gasteiger partial charge in [0.25, 0.3) is 0 Å². The SMILES string of the molecule is CCOCCOCc1c(CN)sc2ccccc12. The predicted molar refractivity (Wildman–Crippen MR) is 75.9 cm³/mol. The summed E-state index contributed by atoms with van der Waals surface area (Å²) in [6.45, 7) is 5.18. The third-order valence-electron chi connectivity index (χ3n) is 2.79. The van der Waals surface area contributed by atoms with Crippen LogP contribution >= 0.6 is 11.3 Å². The first-order valence-electron chi connectivity index (χ1n) is 6.21. The summed E-state index contributed by atoms with van der Waals surface area (Å²) in [4.78, 5) is 1.22. The molecule has 4 heteroatoms. The van der Waals surface area contributed by atoms with Gasteiger partial charge in [-0.15, -0.1) is 11.3 Å². The summed E-state index contributed by atoms with van der Waals surface area (Å²) in [6, 6.07) is 8.37. The van der Waals surface area contributed by atoms with Crippen LogP contribution < -0.4 is 5.73 Å². The molecule has 18 heavy (non-hydrogen) atoms. The van der Waals surface area contributed by atoms with Crippen LogP contribution in [0.25, 0.3) is 10.1 Å². The Kier molecular flexibility index (Phi) is 5.13. The molecule has 0 aliphatic heterocycles. The molecular weight excluding hydrogens is 246 g/mol. The second kappa shape index (κ2) is 6.85. The Hall–Kier alpha value is -0.940. The molecule has 1 heterocycles. The van der Waals surface area contributed by atoms with Gasteiger partial charge in [-0.05, 0) is 18.4 Å². The van der Waals surface area contributed by atoms with Gasteiger partial charge in [-0.2, -0.15) is 0 Å². The van der Waals surface area contributed by atoms with Crippen molar-refractivity contribution in [2.45, 2.75) is 20.1 Å². The Bertz CT molecular complexity index is 495. The van der Waals surface area contributed by atoms with Gasteiger partial charge in [0.15, 0.2) is 0 Å². The highest BCUT2D eigenvalue weighted by molar-refractivity contribution is 7.19. The van der Waals surface area contributed by atoms with Gasteiger partial charge in [0, 0.05) is 28.3 Å². The third kappa shape index (κ3) is 3.09. The lowest BCUT2D eigenvalue weighted by Crippen LogP contribution is -2.05. The summed E-state index contributed by atoms with van der Waals surface area (Å²) >= 11 is 1.76. The Morgan fingerprint density at radius 1 is 1.17 bits per heavy atom. The average Bonchev–Trinajstić information content (AvgIpc) is 2.77. The van der Waals surface area contributed by atoms with E-state index in [9.17, 15) is 0 Å². The lowest BCUT2D eigenvalue weighted by atomic mass is 10.1. The molecule has 2 aromatic rings. The van der Waals surface area contributed by atoms with Crippen LogP contribution in [0.3, 0.4) is 0 Å². The summed E-state index contributed by atoms with van der Waals surface area (Å²) in [5.41, 5.74) is 7.03. The van der Waals surface area contributed by atoms with Gasteiger partial charge in [-0.1, -0.05) is 18.2 Å². The van der Waals surface area contributed by atoms with Crippen molar-refractivity contribution < 1.29 is 9.47 Å². The molecular formula is C14H19NO2S. The zero-order valence-electron chi connectivity index (χ0n) is 10.6. The second-order valence-electron chi connectivity index (χ2n) is 3.95. The highest BCUT2D eigenvalue weighted by atomic mass is 32.1. The Balaban J connectivity index is 2.06. The van der Waals surface area contributed by atoms with E-state index in [0.717, 1.165) is 6.61 Å². The number of benzene rings is 1. The molecule has 0 spiro atoms. The van der Waals surface area contributed by atoms with Gasteiger partial charge in [0.2, 0.25) is 0 Å². The van der Waals surface area contributed by atoms with Crippen LogP contribution in [0, 0.1) is 0 Å². The highest BCUT2D eigenvalue weighted by Gasteiger charge is 2.10. The van der Waals surface area contributed by atoms with Crippen LogP contribution in [-0.2, 0) is 22.6 Å². The van der Waals surface area contributed by atoms with Crippen LogP contribution in [-0.4, -0.2) is 19.8 Å². The summed E-state index contributed by atoms with van der Waals surface area (Å²) < 4.78 is 12.2. The maximum absolute atomic E-state index is 5.80. The van der Waals surface area contributed by atoms with Crippen molar-refractivity contribution in [3.05, 3.63) is 34.7 Å². The molecule has 0 aliphatic carbocycles. The van der Waals surface area contributed by atoms with Crippen LogP contribution in [0.4, 0.5) is 0 Å².